The van der Waals surface area contributed by atoms with E-state index in [0.29, 0.717) is 0 Å². The van der Waals surface area contributed by atoms with Crippen LogP contribution in [0.5, 0.6) is 0 Å². The van der Waals surface area contributed by atoms with Crippen LogP contribution in [-0.2, 0) is 0 Å². The van der Waals surface area contributed by atoms with Crippen LogP contribution in [0.15, 0.2) is 0 Å². The molecule has 0 nitrogen and oxygen atoms in total. The Bertz CT molecular complexity index is 73.3. The summed E-state index contributed by atoms with van der Waals surface area (Å²) < 4.78 is 2.69. The van der Waals surface area contributed by atoms with E-state index in [-0.39, 0.29) is 0 Å². The molecular formula is CHAs5. The molecule has 30 valence electrons. The minimum atomic E-state index is 0.906. The summed E-state index contributed by atoms with van der Waals surface area (Å²) in [5, 5.41) is 0. The second-order valence-electron chi connectivity index (χ2n) is 0.615. The Morgan fingerprint density at radius 1 is 1.00 bits per heavy atom. The molecule has 0 aromatic rings. The van der Waals surface area contributed by atoms with Gasteiger partial charge in [0.25, 0.3) is 0 Å². The van der Waals surface area contributed by atoms with Gasteiger partial charge in [-0.2, -0.15) is 0 Å². The molecule has 5 heteroatoms. The third-order valence-electron chi connectivity index (χ3n) is 0.287. The van der Waals surface area contributed by atoms with Crippen molar-refractivity contribution in [3.8, 4) is 0 Å². The summed E-state index contributed by atoms with van der Waals surface area (Å²) >= 11 is 4.94. The monoisotopic (exact) mass is 388 g/mol. The van der Waals surface area contributed by atoms with Crippen molar-refractivity contribution in [2.24, 2.45) is 0 Å². The first-order valence-corrected chi connectivity index (χ1v) is 24.3. The maximum absolute atomic E-state index is 2.69. The summed E-state index contributed by atoms with van der Waals surface area (Å²) in [7, 11) is 0. The van der Waals surface area contributed by atoms with E-state index in [2.05, 4.69) is 3.59 Å². The molecule has 0 atom stereocenters. The van der Waals surface area contributed by atoms with Gasteiger partial charge in [0, 0.05) is 0 Å². The van der Waals surface area contributed by atoms with E-state index in [0.717, 1.165) is 59.6 Å². The van der Waals surface area contributed by atoms with Gasteiger partial charge < -0.3 is 0 Å². The van der Waals surface area contributed by atoms with E-state index in [1.54, 1.807) is 0 Å². The van der Waals surface area contributed by atoms with Crippen molar-refractivity contribution in [1.29, 1.82) is 0 Å². The third-order valence-corrected chi connectivity index (χ3v) is 87.3. The molecule has 0 unspecified atom stereocenters. The Balaban J connectivity index is 2.77. The van der Waals surface area contributed by atoms with Crippen LogP contribution in [-0.4, -0.2) is 63.2 Å². The molecule has 1 heterocycles. The molecule has 1 rings (SSSR count). The van der Waals surface area contributed by atoms with Gasteiger partial charge in [-0.1, -0.05) is 0 Å². The number of hydrogen-bond acceptors (Lipinski definition) is 0. The summed E-state index contributed by atoms with van der Waals surface area (Å²) in [6.07, 6.45) is 0. The van der Waals surface area contributed by atoms with Crippen molar-refractivity contribution >= 4 is 63.2 Å². The first-order valence-electron chi connectivity index (χ1n) is 1.32. The first kappa shape index (κ1) is 6.78. The van der Waals surface area contributed by atoms with Gasteiger partial charge in [-0.05, 0) is 0 Å². The molecule has 0 aromatic carbocycles. The molecule has 0 bridgehead atoms. The van der Waals surface area contributed by atoms with Gasteiger partial charge in [-0.15, -0.1) is 0 Å². The fourth-order valence-corrected chi connectivity index (χ4v) is 152. The Morgan fingerprint density at radius 3 is 2.17 bits per heavy atom. The molecular weight excluding hydrogens is 387 g/mol. The average Bonchev–Trinajstić information content (AvgIpc) is 1.72. The fraction of sp³-hybridized carbons (Fsp3) is 0. The van der Waals surface area contributed by atoms with Gasteiger partial charge in [0.05, 0.1) is 0 Å². The molecule has 0 aliphatic carbocycles. The van der Waals surface area contributed by atoms with Crippen molar-refractivity contribution in [3.63, 3.8) is 0 Å². The summed E-state index contributed by atoms with van der Waals surface area (Å²) in [5.74, 6) is 0. The van der Waals surface area contributed by atoms with Gasteiger partial charge in [0.1, 0.15) is 0 Å². The normalized spacial score (nSPS) is 29.3. The predicted octanol–water partition coefficient (Wildman–Crippen LogP) is -2.06. The zero-order valence-electron chi connectivity index (χ0n) is 2.81. The Labute approximate surface area is 61.9 Å². The zero-order chi connectivity index (χ0) is 4.24. The molecule has 0 N–H and O–H groups in total. The van der Waals surface area contributed by atoms with Gasteiger partial charge >= 0.3 is 63.2 Å². The van der Waals surface area contributed by atoms with Crippen LogP contribution in [0.3, 0.4) is 0 Å². The van der Waals surface area contributed by atoms with Crippen LogP contribution in [0.1, 0.15) is 0 Å². The fourth-order valence-electron chi connectivity index (χ4n) is 0.133. The van der Waals surface area contributed by atoms with Crippen molar-refractivity contribution in [2.45, 2.75) is 0 Å². The van der Waals surface area contributed by atoms with Crippen LogP contribution in [0, 0.1) is 0 Å². The molecule has 6 heavy (non-hydrogen) atoms. The van der Waals surface area contributed by atoms with E-state index in [1.165, 1.54) is 0 Å². The van der Waals surface area contributed by atoms with Crippen molar-refractivity contribution in [2.75, 3.05) is 0 Å². The molecule has 1 aliphatic heterocycles. The Kier molecular flexibility index (Phi) is 5.12. The predicted molar refractivity (Wildman–Crippen MR) is 34.8 cm³/mol. The van der Waals surface area contributed by atoms with E-state index in [1.807, 2.05) is 0 Å². The van der Waals surface area contributed by atoms with Gasteiger partial charge in [-0.25, -0.2) is 0 Å². The van der Waals surface area contributed by atoms with Crippen LogP contribution < -0.4 is 0 Å². The van der Waals surface area contributed by atoms with Gasteiger partial charge in [-0.3, -0.25) is 0 Å². The number of rotatable bonds is 0. The van der Waals surface area contributed by atoms with Crippen LogP contribution in [0.4, 0.5) is 0 Å². The molecule has 0 saturated heterocycles. The molecule has 0 aromatic heterocycles. The first-order chi connectivity index (χ1) is 3.00. The van der Waals surface area contributed by atoms with E-state index in [4.69, 9.17) is 0 Å². The molecule has 0 fully saturated rings. The standard InChI is InChI=1S/CHAs5/c1-2-4-6-5-3-1/h1H. The van der Waals surface area contributed by atoms with Crippen molar-refractivity contribution in [3.05, 3.63) is 0 Å². The van der Waals surface area contributed by atoms with Gasteiger partial charge in [0.2, 0.25) is 0 Å². The SMILES string of the molecule is C1=[As][As]=[As][As]=[As]1. The van der Waals surface area contributed by atoms with Crippen molar-refractivity contribution < 1.29 is 0 Å². The topological polar surface area (TPSA) is 0 Å². The quantitative estimate of drug-likeness (QED) is 0.420. The van der Waals surface area contributed by atoms with E-state index < -0.39 is 0 Å². The summed E-state index contributed by atoms with van der Waals surface area (Å²) in [6, 6.07) is 0. The zero-order valence-corrected chi connectivity index (χ0v) is 12.2. The van der Waals surface area contributed by atoms with Crippen LogP contribution in [0.2, 0.25) is 0 Å². The van der Waals surface area contributed by atoms with E-state index in [9.17, 15) is 0 Å². The van der Waals surface area contributed by atoms with Gasteiger partial charge in [0.15, 0.2) is 0 Å². The van der Waals surface area contributed by atoms with Crippen molar-refractivity contribution in [1.82, 2.24) is 0 Å². The minimum absolute atomic E-state index is 0.906. The molecule has 0 amide bonds. The maximum atomic E-state index is 2.69. The van der Waals surface area contributed by atoms with Crippen LogP contribution in [0.25, 0.3) is 0 Å². The summed E-state index contributed by atoms with van der Waals surface area (Å²) in [5.41, 5.74) is 0. The molecule has 0 saturated carbocycles. The Morgan fingerprint density at radius 2 is 2.00 bits per heavy atom. The molecule has 1 aliphatic rings. The second kappa shape index (κ2) is 4.53. The second-order valence-corrected chi connectivity index (χ2v) is 47.0. The molecule has 0 radical (unpaired) electrons. The van der Waals surface area contributed by atoms with E-state index >= 15 is 0 Å². The molecule has 0 spiro atoms. The summed E-state index contributed by atoms with van der Waals surface area (Å²) in [4.78, 5) is 0. The number of hydrogen-bond donors (Lipinski definition) is 0. The average molecular weight is 388 g/mol. The van der Waals surface area contributed by atoms with Crippen LogP contribution >= 0.6 is 0 Å². The summed E-state index contributed by atoms with van der Waals surface area (Å²) in [6.45, 7) is 0. The Hall–Kier alpha value is 2.66. The third kappa shape index (κ3) is 2.85.